The summed E-state index contributed by atoms with van der Waals surface area (Å²) in [5.41, 5.74) is 15.0. The molecule has 0 bridgehead atoms. The van der Waals surface area contributed by atoms with Crippen LogP contribution in [0.25, 0.3) is 32.9 Å². The highest BCUT2D eigenvalue weighted by Crippen LogP contribution is 2.37. The fourth-order valence-corrected chi connectivity index (χ4v) is 4.17. The minimum Gasteiger partial charge on any atom is -0.399 e. The molecule has 1 aromatic heterocycles. The first-order valence-electron chi connectivity index (χ1n) is 9.96. The first-order valence-corrected chi connectivity index (χ1v) is 9.96. The number of aryl methyl sites for hydroxylation is 2. The van der Waals surface area contributed by atoms with E-state index >= 15 is 0 Å². The van der Waals surface area contributed by atoms with Crippen molar-refractivity contribution in [1.82, 2.24) is 4.98 Å². The van der Waals surface area contributed by atoms with E-state index in [1.165, 1.54) is 33.3 Å². The molecule has 4 rings (SSSR count). The number of pyridine rings is 1. The zero-order valence-electron chi connectivity index (χ0n) is 17.1. The van der Waals surface area contributed by atoms with Crippen LogP contribution < -0.4 is 10.6 Å². The Morgan fingerprint density at radius 1 is 0.786 bits per heavy atom. The van der Waals surface area contributed by atoms with Gasteiger partial charge in [-0.05, 0) is 57.5 Å². The molecule has 0 aliphatic heterocycles. The van der Waals surface area contributed by atoms with E-state index in [4.69, 9.17) is 10.7 Å². The van der Waals surface area contributed by atoms with Gasteiger partial charge in [0, 0.05) is 40.8 Å². The number of benzene rings is 3. The summed E-state index contributed by atoms with van der Waals surface area (Å²) in [5, 5.41) is 2.32. The van der Waals surface area contributed by atoms with Crippen molar-refractivity contribution in [3.63, 3.8) is 0 Å². The number of nitrogens with zero attached hydrogens (tertiary/aromatic N) is 2. The van der Waals surface area contributed by atoms with Gasteiger partial charge >= 0.3 is 0 Å². The molecule has 0 spiro atoms. The first-order chi connectivity index (χ1) is 13.5. The summed E-state index contributed by atoms with van der Waals surface area (Å²) in [4.78, 5) is 7.32. The lowest BCUT2D eigenvalue weighted by Gasteiger charge is -2.22. The van der Waals surface area contributed by atoms with Crippen LogP contribution in [-0.2, 0) is 0 Å². The fourth-order valence-electron chi connectivity index (χ4n) is 4.17. The standard InChI is InChI=1S/C25H27N3/c1-5-28(6-2)20-8-10-22-24(15-20)27-23-14-19(26)7-9-21(23)25(22)18-12-16(3)11-17(4)13-18/h7-15H,5-6,26H2,1-4H3. The quantitative estimate of drug-likeness (QED) is 0.349. The van der Waals surface area contributed by atoms with E-state index in [0.29, 0.717) is 0 Å². The van der Waals surface area contributed by atoms with Gasteiger partial charge in [0.25, 0.3) is 0 Å². The van der Waals surface area contributed by atoms with Crippen LogP contribution in [0.15, 0.2) is 54.6 Å². The molecule has 0 saturated heterocycles. The molecule has 0 unspecified atom stereocenters. The summed E-state index contributed by atoms with van der Waals surface area (Å²) in [5.74, 6) is 0. The van der Waals surface area contributed by atoms with Gasteiger partial charge in [-0.2, -0.15) is 0 Å². The lowest BCUT2D eigenvalue weighted by molar-refractivity contribution is 0.867. The maximum atomic E-state index is 6.08. The van der Waals surface area contributed by atoms with Gasteiger partial charge in [-0.1, -0.05) is 41.5 Å². The molecule has 0 fully saturated rings. The van der Waals surface area contributed by atoms with Crippen LogP contribution in [0.3, 0.4) is 0 Å². The molecule has 4 aromatic rings. The Morgan fingerprint density at radius 3 is 2.04 bits per heavy atom. The average molecular weight is 370 g/mol. The molecule has 28 heavy (non-hydrogen) atoms. The maximum absolute atomic E-state index is 6.08. The summed E-state index contributed by atoms with van der Waals surface area (Å²) in [6, 6.07) is 19.4. The van der Waals surface area contributed by atoms with Gasteiger partial charge in [0.1, 0.15) is 0 Å². The summed E-state index contributed by atoms with van der Waals surface area (Å²) in [6.07, 6.45) is 0. The molecule has 0 aliphatic rings. The van der Waals surface area contributed by atoms with Crippen molar-refractivity contribution >= 4 is 33.2 Å². The zero-order valence-corrected chi connectivity index (χ0v) is 17.1. The molecule has 3 aromatic carbocycles. The molecule has 0 radical (unpaired) electrons. The SMILES string of the molecule is CCN(CC)c1ccc2c(-c3cc(C)cc(C)c3)c3ccc(N)cc3nc2c1. The van der Waals surface area contributed by atoms with Gasteiger partial charge < -0.3 is 10.6 Å². The number of fused-ring (bicyclic) bond motifs is 2. The van der Waals surface area contributed by atoms with E-state index in [1.807, 2.05) is 12.1 Å². The predicted molar refractivity (Wildman–Crippen MR) is 122 cm³/mol. The van der Waals surface area contributed by atoms with E-state index in [-0.39, 0.29) is 0 Å². The number of anilines is 2. The molecular formula is C25H27N3. The van der Waals surface area contributed by atoms with Gasteiger partial charge in [-0.3, -0.25) is 0 Å². The molecule has 0 aliphatic carbocycles. The third-order valence-electron chi connectivity index (χ3n) is 5.42. The normalized spacial score (nSPS) is 11.3. The number of nitrogen functional groups attached to an aromatic ring is 1. The summed E-state index contributed by atoms with van der Waals surface area (Å²) in [7, 11) is 0. The minimum atomic E-state index is 0.741. The minimum absolute atomic E-state index is 0.741. The van der Waals surface area contributed by atoms with Crippen LogP contribution in [0.2, 0.25) is 0 Å². The van der Waals surface area contributed by atoms with E-state index in [1.54, 1.807) is 0 Å². The van der Waals surface area contributed by atoms with Gasteiger partial charge in [0.2, 0.25) is 0 Å². The number of aromatic nitrogens is 1. The largest absolute Gasteiger partial charge is 0.399 e. The van der Waals surface area contributed by atoms with E-state index in [9.17, 15) is 0 Å². The van der Waals surface area contributed by atoms with Gasteiger partial charge in [-0.15, -0.1) is 0 Å². The van der Waals surface area contributed by atoms with Gasteiger partial charge in [0.05, 0.1) is 11.0 Å². The topological polar surface area (TPSA) is 42.1 Å². The Morgan fingerprint density at radius 2 is 1.39 bits per heavy atom. The van der Waals surface area contributed by atoms with Gasteiger partial charge in [-0.25, -0.2) is 4.98 Å². The van der Waals surface area contributed by atoms with Crippen molar-refractivity contribution < 1.29 is 0 Å². The van der Waals surface area contributed by atoms with Crippen LogP contribution >= 0.6 is 0 Å². The van der Waals surface area contributed by atoms with Crippen LogP contribution in [0.4, 0.5) is 11.4 Å². The Hall–Kier alpha value is -3.07. The lowest BCUT2D eigenvalue weighted by Crippen LogP contribution is -2.21. The molecular weight excluding hydrogens is 342 g/mol. The Kier molecular flexibility index (Phi) is 4.68. The molecule has 1 heterocycles. The van der Waals surface area contributed by atoms with Crippen LogP contribution in [0.5, 0.6) is 0 Å². The summed E-state index contributed by atoms with van der Waals surface area (Å²) in [6.45, 7) is 10.6. The first kappa shape index (κ1) is 18.3. The highest BCUT2D eigenvalue weighted by atomic mass is 15.1. The number of nitrogens with two attached hydrogens (primary N) is 1. The molecule has 3 heteroatoms. The van der Waals surface area contributed by atoms with Crippen molar-refractivity contribution in [2.24, 2.45) is 0 Å². The van der Waals surface area contributed by atoms with E-state index in [0.717, 1.165) is 35.2 Å². The summed E-state index contributed by atoms with van der Waals surface area (Å²) < 4.78 is 0. The van der Waals surface area contributed by atoms with Crippen LogP contribution in [0, 0.1) is 13.8 Å². The van der Waals surface area contributed by atoms with Crippen LogP contribution in [-0.4, -0.2) is 18.1 Å². The van der Waals surface area contributed by atoms with Crippen molar-refractivity contribution in [2.45, 2.75) is 27.7 Å². The summed E-state index contributed by atoms with van der Waals surface area (Å²) >= 11 is 0. The van der Waals surface area contributed by atoms with Crippen LogP contribution in [0.1, 0.15) is 25.0 Å². The molecule has 142 valence electrons. The lowest BCUT2D eigenvalue weighted by atomic mass is 9.93. The zero-order chi connectivity index (χ0) is 19.8. The second kappa shape index (κ2) is 7.16. The molecule has 0 atom stereocenters. The molecule has 3 nitrogen and oxygen atoms in total. The molecule has 2 N–H and O–H groups in total. The van der Waals surface area contributed by atoms with Crippen molar-refractivity contribution in [3.8, 4) is 11.1 Å². The molecule has 0 saturated carbocycles. The third kappa shape index (κ3) is 3.18. The molecule has 0 amide bonds. The van der Waals surface area contributed by atoms with E-state index < -0.39 is 0 Å². The average Bonchev–Trinajstić information content (AvgIpc) is 2.66. The highest BCUT2D eigenvalue weighted by molar-refractivity contribution is 6.10. The Bertz CT molecular complexity index is 1150. The fraction of sp³-hybridized carbons (Fsp3) is 0.240. The Balaban J connectivity index is 2.09. The van der Waals surface area contributed by atoms with Gasteiger partial charge in [0.15, 0.2) is 0 Å². The second-order valence-corrected chi connectivity index (χ2v) is 7.51. The predicted octanol–water partition coefficient (Wildman–Crippen LogP) is 6.10. The smallest absolute Gasteiger partial charge is 0.0736 e. The third-order valence-corrected chi connectivity index (χ3v) is 5.42. The number of hydrogen-bond donors (Lipinski definition) is 1. The van der Waals surface area contributed by atoms with Crippen molar-refractivity contribution in [3.05, 3.63) is 65.7 Å². The monoisotopic (exact) mass is 369 g/mol. The Labute approximate surface area is 166 Å². The van der Waals surface area contributed by atoms with E-state index in [2.05, 4.69) is 75.1 Å². The van der Waals surface area contributed by atoms with Crippen molar-refractivity contribution in [2.75, 3.05) is 23.7 Å². The number of rotatable bonds is 4. The number of hydrogen-bond acceptors (Lipinski definition) is 3. The maximum Gasteiger partial charge on any atom is 0.0736 e. The highest BCUT2D eigenvalue weighted by Gasteiger charge is 2.14. The van der Waals surface area contributed by atoms with Crippen molar-refractivity contribution in [1.29, 1.82) is 0 Å². The second-order valence-electron chi connectivity index (χ2n) is 7.51.